The van der Waals surface area contributed by atoms with Crippen molar-refractivity contribution in [2.24, 2.45) is 11.7 Å². The van der Waals surface area contributed by atoms with Crippen molar-refractivity contribution < 1.29 is 4.42 Å². The second kappa shape index (κ2) is 2.97. The van der Waals surface area contributed by atoms with Gasteiger partial charge >= 0.3 is 0 Å². The molecule has 1 aliphatic rings. The molecule has 1 heterocycles. The summed E-state index contributed by atoms with van der Waals surface area (Å²) in [5, 5.41) is 2.38. The van der Waals surface area contributed by atoms with Crippen LogP contribution in [0.3, 0.4) is 0 Å². The lowest BCUT2D eigenvalue weighted by Crippen LogP contribution is -2.36. The first kappa shape index (κ1) is 8.74. The quantitative estimate of drug-likeness (QED) is 0.686. The number of hydrogen-bond donors (Lipinski definition) is 1. The van der Waals surface area contributed by atoms with Gasteiger partial charge in [-0.2, -0.15) is 0 Å². The number of nitrogens with two attached hydrogens (primary N) is 1. The lowest BCUT2D eigenvalue weighted by molar-refractivity contribution is 0.559. The van der Waals surface area contributed by atoms with E-state index >= 15 is 0 Å². The summed E-state index contributed by atoms with van der Waals surface area (Å²) in [6.45, 7) is 2.13. The zero-order chi connectivity index (χ0) is 10.4. The van der Waals surface area contributed by atoms with Crippen LogP contribution in [-0.4, -0.2) is 6.04 Å². The number of rotatable bonds is 0. The Kier molecular flexibility index (Phi) is 1.73. The van der Waals surface area contributed by atoms with Crippen molar-refractivity contribution in [3.05, 3.63) is 34.9 Å². The van der Waals surface area contributed by atoms with E-state index in [1.54, 1.807) is 0 Å². The maximum atomic E-state index is 5.97. The second-order valence-corrected chi connectivity index (χ2v) is 4.15. The summed E-state index contributed by atoms with van der Waals surface area (Å²) in [5.74, 6) is 0.374. The van der Waals surface area contributed by atoms with Gasteiger partial charge in [0.1, 0.15) is 11.0 Å². The number of benzene rings is 1. The summed E-state index contributed by atoms with van der Waals surface area (Å²) in [6.07, 6.45) is 4.21. The minimum Gasteiger partial charge on any atom is -0.456 e. The fourth-order valence-corrected chi connectivity index (χ4v) is 2.08. The highest BCUT2D eigenvalue weighted by Gasteiger charge is 2.14. The van der Waals surface area contributed by atoms with Crippen molar-refractivity contribution >= 4 is 23.1 Å². The summed E-state index contributed by atoms with van der Waals surface area (Å²) in [4.78, 5) is 0. The van der Waals surface area contributed by atoms with Crippen molar-refractivity contribution in [1.29, 1.82) is 0 Å². The van der Waals surface area contributed by atoms with Gasteiger partial charge in [-0.25, -0.2) is 0 Å². The molecule has 0 fully saturated rings. The minimum atomic E-state index is 0.0677. The van der Waals surface area contributed by atoms with Crippen molar-refractivity contribution in [1.82, 2.24) is 0 Å². The van der Waals surface area contributed by atoms with Crippen LogP contribution < -0.4 is 16.4 Å². The van der Waals surface area contributed by atoms with E-state index in [1.807, 2.05) is 24.3 Å². The van der Waals surface area contributed by atoms with Crippen LogP contribution >= 0.6 is 0 Å². The molecule has 76 valence electrons. The first-order valence-electron chi connectivity index (χ1n) is 5.22. The molecule has 2 N–H and O–H groups in total. The lowest BCUT2D eigenvalue weighted by Gasteiger charge is -2.13. The molecule has 2 unspecified atom stereocenters. The second-order valence-electron chi connectivity index (χ2n) is 4.15. The fourth-order valence-electron chi connectivity index (χ4n) is 2.08. The molecule has 0 bridgehead atoms. The summed E-state index contributed by atoms with van der Waals surface area (Å²) in [6, 6.07) is 8.17. The average molecular weight is 199 g/mol. The normalized spacial score (nSPS) is 24.4. The number of fused-ring (bicyclic) bond motifs is 3. The summed E-state index contributed by atoms with van der Waals surface area (Å²) < 4.78 is 5.74. The molecule has 0 spiro atoms. The highest BCUT2D eigenvalue weighted by Crippen LogP contribution is 2.12. The van der Waals surface area contributed by atoms with Crippen LogP contribution in [0.15, 0.2) is 28.7 Å². The average Bonchev–Trinajstić information content (AvgIpc) is 2.57. The predicted octanol–water partition coefficient (Wildman–Crippen LogP) is 0.971. The molecule has 0 radical (unpaired) electrons. The lowest BCUT2D eigenvalue weighted by atomic mass is 9.97. The molecular formula is C13H13NO. The Morgan fingerprint density at radius 3 is 2.87 bits per heavy atom. The molecule has 0 saturated carbocycles. The van der Waals surface area contributed by atoms with Gasteiger partial charge < -0.3 is 10.2 Å². The Morgan fingerprint density at radius 2 is 2.00 bits per heavy atom. The maximum Gasteiger partial charge on any atom is 0.135 e. The molecular weight excluding hydrogens is 186 g/mol. The Hall–Kier alpha value is -1.54. The van der Waals surface area contributed by atoms with Crippen LogP contribution in [0.4, 0.5) is 0 Å². The summed E-state index contributed by atoms with van der Waals surface area (Å²) in [7, 11) is 0. The van der Waals surface area contributed by atoms with E-state index in [9.17, 15) is 0 Å². The van der Waals surface area contributed by atoms with Gasteiger partial charge in [-0.15, -0.1) is 0 Å². The molecule has 1 aromatic heterocycles. The van der Waals surface area contributed by atoms with E-state index < -0.39 is 0 Å². The standard InChI is InChI=1S/C13H13NO/c1-8-6-10-9-4-2-3-5-12(9)15-13(10)7-11(8)14/h2-8,11H,14H2,1H3. The molecule has 0 saturated heterocycles. The Balaban J connectivity index is 2.49. The molecule has 0 aliphatic heterocycles. The van der Waals surface area contributed by atoms with Gasteiger partial charge in [-0.3, -0.25) is 0 Å². The SMILES string of the molecule is CC1C=c2c(oc3ccccc23)=CC1N. The third kappa shape index (κ3) is 1.22. The third-order valence-corrected chi connectivity index (χ3v) is 3.04. The first-order chi connectivity index (χ1) is 7.25. The Bertz CT molecular complexity index is 624. The molecule has 2 heteroatoms. The zero-order valence-corrected chi connectivity index (χ0v) is 8.60. The molecule has 1 aliphatic carbocycles. The molecule has 1 aromatic carbocycles. The molecule has 3 rings (SSSR count). The van der Waals surface area contributed by atoms with Crippen LogP contribution in [0.5, 0.6) is 0 Å². The number of furan rings is 1. The van der Waals surface area contributed by atoms with E-state index in [0.717, 1.165) is 11.0 Å². The van der Waals surface area contributed by atoms with Crippen LogP contribution in [-0.2, 0) is 0 Å². The van der Waals surface area contributed by atoms with E-state index in [0.29, 0.717) is 5.92 Å². The Morgan fingerprint density at radius 1 is 1.20 bits per heavy atom. The van der Waals surface area contributed by atoms with Gasteiger partial charge in [0.15, 0.2) is 0 Å². The largest absolute Gasteiger partial charge is 0.456 e. The fraction of sp³-hybridized carbons (Fsp3) is 0.231. The van der Waals surface area contributed by atoms with Gasteiger partial charge in [0.2, 0.25) is 0 Å². The van der Waals surface area contributed by atoms with Crippen molar-refractivity contribution in [2.75, 3.05) is 0 Å². The van der Waals surface area contributed by atoms with E-state index in [1.165, 1.54) is 10.6 Å². The number of para-hydroxylation sites is 1. The zero-order valence-electron chi connectivity index (χ0n) is 8.60. The van der Waals surface area contributed by atoms with Crippen molar-refractivity contribution in [3.8, 4) is 0 Å². The summed E-state index contributed by atoms with van der Waals surface area (Å²) >= 11 is 0. The first-order valence-corrected chi connectivity index (χ1v) is 5.22. The molecule has 2 atom stereocenters. The van der Waals surface area contributed by atoms with Gasteiger partial charge in [0.05, 0.1) is 0 Å². The molecule has 15 heavy (non-hydrogen) atoms. The van der Waals surface area contributed by atoms with E-state index in [4.69, 9.17) is 10.2 Å². The van der Waals surface area contributed by atoms with Gasteiger partial charge in [-0.1, -0.05) is 31.2 Å². The van der Waals surface area contributed by atoms with E-state index in [-0.39, 0.29) is 6.04 Å². The molecule has 2 nitrogen and oxygen atoms in total. The van der Waals surface area contributed by atoms with Crippen LogP contribution in [0.25, 0.3) is 23.1 Å². The maximum absolute atomic E-state index is 5.97. The van der Waals surface area contributed by atoms with Crippen LogP contribution in [0, 0.1) is 5.92 Å². The third-order valence-electron chi connectivity index (χ3n) is 3.04. The molecule has 0 amide bonds. The smallest absolute Gasteiger partial charge is 0.135 e. The van der Waals surface area contributed by atoms with Gasteiger partial charge in [-0.05, 0) is 18.1 Å². The minimum absolute atomic E-state index is 0.0677. The highest BCUT2D eigenvalue weighted by atomic mass is 16.3. The van der Waals surface area contributed by atoms with Crippen molar-refractivity contribution in [3.63, 3.8) is 0 Å². The Labute approximate surface area is 87.7 Å². The topological polar surface area (TPSA) is 39.2 Å². The molecule has 2 aromatic rings. The predicted molar refractivity (Wildman–Crippen MR) is 61.5 cm³/mol. The monoisotopic (exact) mass is 199 g/mol. The van der Waals surface area contributed by atoms with E-state index in [2.05, 4.69) is 19.1 Å². The van der Waals surface area contributed by atoms with Crippen LogP contribution in [0.1, 0.15) is 6.92 Å². The van der Waals surface area contributed by atoms with Gasteiger partial charge in [0.25, 0.3) is 0 Å². The summed E-state index contributed by atoms with van der Waals surface area (Å²) in [5.41, 5.74) is 7.83. The van der Waals surface area contributed by atoms with Gasteiger partial charge in [0, 0.05) is 16.6 Å². The highest BCUT2D eigenvalue weighted by molar-refractivity contribution is 5.79. The number of hydrogen-bond acceptors (Lipinski definition) is 2. The van der Waals surface area contributed by atoms with Crippen molar-refractivity contribution in [2.45, 2.75) is 13.0 Å². The van der Waals surface area contributed by atoms with Crippen LogP contribution in [0.2, 0.25) is 0 Å².